The van der Waals surface area contributed by atoms with Gasteiger partial charge in [0.1, 0.15) is 0 Å². The number of nitrogens with zero attached hydrogens (tertiary/aromatic N) is 2. The number of aryl methyl sites for hydroxylation is 1. The lowest BCUT2D eigenvalue weighted by molar-refractivity contribution is 0.221. The highest BCUT2D eigenvalue weighted by Gasteiger charge is 2.13. The molecule has 0 unspecified atom stereocenters. The SMILES string of the molecule is Cc1ccc(-c2ccc3cc(CN)c(=O)n(CCN4CCCCC4)c3c2)cc1. The molecule has 0 amide bonds. The molecule has 4 rings (SSSR count). The van der Waals surface area contributed by atoms with E-state index in [4.69, 9.17) is 5.73 Å². The second-order valence-electron chi connectivity index (χ2n) is 7.87. The number of aromatic nitrogens is 1. The Bertz CT molecular complexity index is 1010. The van der Waals surface area contributed by atoms with Gasteiger partial charge >= 0.3 is 0 Å². The predicted octanol–water partition coefficient (Wildman–Crippen LogP) is 3.92. The maximum absolute atomic E-state index is 13.0. The third-order valence-electron chi connectivity index (χ3n) is 5.86. The van der Waals surface area contributed by atoms with Gasteiger partial charge in [-0.25, -0.2) is 0 Å². The van der Waals surface area contributed by atoms with Crippen LogP contribution >= 0.6 is 0 Å². The van der Waals surface area contributed by atoms with Gasteiger partial charge < -0.3 is 15.2 Å². The lowest BCUT2D eigenvalue weighted by Crippen LogP contribution is -2.35. The molecular formula is C24H29N3O. The highest BCUT2D eigenvalue weighted by molar-refractivity contribution is 5.85. The summed E-state index contributed by atoms with van der Waals surface area (Å²) in [5.41, 5.74) is 11.2. The number of rotatable bonds is 5. The van der Waals surface area contributed by atoms with Crippen LogP contribution in [0.5, 0.6) is 0 Å². The van der Waals surface area contributed by atoms with Crippen LogP contribution < -0.4 is 11.3 Å². The van der Waals surface area contributed by atoms with Gasteiger partial charge in [0, 0.05) is 25.2 Å². The number of piperidine rings is 1. The maximum Gasteiger partial charge on any atom is 0.255 e. The Labute approximate surface area is 166 Å². The van der Waals surface area contributed by atoms with Crippen LogP contribution in [0.15, 0.2) is 53.3 Å². The maximum atomic E-state index is 13.0. The van der Waals surface area contributed by atoms with E-state index in [0.717, 1.165) is 36.1 Å². The summed E-state index contributed by atoms with van der Waals surface area (Å²) in [7, 11) is 0. The monoisotopic (exact) mass is 375 g/mol. The molecule has 1 aliphatic rings. The zero-order valence-corrected chi connectivity index (χ0v) is 16.7. The summed E-state index contributed by atoms with van der Waals surface area (Å²) in [6, 6.07) is 16.9. The van der Waals surface area contributed by atoms with Gasteiger partial charge in [-0.2, -0.15) is 0 Å². The van der Waals surface area contributed by atoms with Crippen molar-refractivity contribution in [1.29, 1.82) is 0 Å². The van der Waals surface area contributed by atoms with E-state index in [1.54, 1.807) is 0 Å². The minimum atomic E-state index is 0.0491. The molecular weight excluding hydrogens is 346 g/mol. The van der Waals surface area contributed by atoms with Gasteiger partial charge in [0.15, 0.2) is 0 Å². The predicted molar refractivity (Wildman–Crippen MR) is 117 cm³/mol. The molecule has 0 saturated carbocycles. The Hall–Kier alpha value is -2.43. The van der Waals surface area contributed by atoms with E-state index in [1.165, 1.54) is 30.4 Å². The highest BCUT2D eigenvalue weighted by Crippen LogP contribution is 2.25. The standard InChI is InChI=1S/C24H29N3O/c1-18-5-7-19(8-6-18)20-9-10-21-15-22(17-25)24(28)27(23(21)16-20)14-13-26-11-3-2-4-12-26/h5-10,15-16H,2-4,11-14,17,25H2,1H3. The van der Waals surface area contributed by atoms with Gasteiger partial charge in [0.25, 0.3) is 5.56 Å². The summed E-state index contributed by atoms with van der Waals surface area (Å²) in [6.45, 7) is 6.27. The highest BCUT2D eigenvalue weighted by atomic mass is 16.1. The average Bonchev–Trinajstić information content (AvgIpc) is 2.73. The third-order valence-corrected chi connectivity index (χ3v) is 5.86. The zero-order chi connectivity index (χ0) is 19.5. The molecule has 2 aromatic carbocycles. The van der Waals surface area contributed by atoms with Crippen molar-refractivity contribution in [2.24, 2.45) is 5.73 Å². The second kappa shape index (κ2) is 8.29. The molecule has 1 saturated heterocycles. The summed E-state index contributed by atoms with van der Waals surface area (Å²) in [6.07, 6.45) is 3.84. The van der Waals surface area contributed by atoms with E-state index in [2.05, 4.69) is 54.3 Å². The molecule has 1 fully saturated rings. The van der Waals surface area contributed by atoms with E-state index in [-0.39, 0.29) is 12.1 Å². The Morgan fingerprint density at radius 1 is 0.893 bits per heavy atom. The summed E-state index contributed by atoms with van der Waals surface area (Å²) in [5.74, 6) is 0. The van der Waals surface area contributed by atoms with Crippen molar-refractivity contribution < 1.29 is 0 Å². The number of nitrogens with two attached hydrogens (primary N) is 1. The van der Waals surface area contributed by atoms with Crippen molar-refractivity contribution >= 4 is 10.9 Å². The summed E-state index contributed by atoms with van der Waals surface area (Å²) in [4.78, 5) is 15.5. The molecule has 4 nitrogen and oxygen atoms in total. The van der Waals surface area contributed by atoms with E-state index in [1.807, 2.05) is 10.6 Å². The fraction of sp³-hybridized carbons (Fsp3) is 0.375. The summed E-state index contributed by atoms with van der Waals surface area (Å²) in [5, 5.41) is 1.08. The molecule has 28 heavy (non-hydrogen) atoms. The fourth-order valence-electron chi connectivity index (χ4n) is 4.15. The van der Waals surface area contributed by atoms with Crippen LogP contribution in [0.4, 0.5) is 0 Å². The molecule has 3 aromatic rings. The van der Waals surface area contributed by atoms with Gasteiger partial charge in [-0.15, -0.1) is 0 Å². The fourth-order valence-corrected chi connectivity index (χ4v) is 4.15. The molecule has 2 N–H and O–H groups in total. The number of hydrogen-bond acceptors (Lipinski definition) is 3. The van der Waals surface area contributed by atoms with Gasteiger partial charge in [-0.05, 0) is 61.5 Å². The lowest BCUT2D eigenvalue weighted by Gasteiger charge is -2.27. The molecule has 146 valence electrons. The van der Waals surface area contributed by atoms with Crippen molar-refractivity contribution in [3.8, 4) is 11.1 Å². The van der Waals surface area contributed by atoms with Crippen molar-refractivity contribution in [3.63, 3.8) is 0 Å². The smallest absolute Gasteiger partial charge is 0.255 e. The summed E-state index contributed by atoms with van der Waals surface area (Å²) >= 11 is 0. The van der Waals surface area contributed by atoms with Crippen LogP contribution in [0.25, 0.3) is 22.0 Å². The first-order chi connectivity index (χ1) is 13.7. The first-order valence-corrected chi connectivity index (χ1v) is 10.3. The van der Waals surface area contributed by atoms with Gasteiger partial charge in [0.05, 0.1) is 5.52 Å². The molecule has 1 aromatic heterocycles. The zero-order valence-electron chi connectivity index (χ0n) is 16.7. The molecule has 2 heterocycles. The normalized spacial score (nSPS) is 15.2. The van der Waals surface area contributed by atoms with E-state index in [0.29, 0.717) is 12.1 Å². The quantitative estimate of drug-likeness (QED) is 0.735. The number of fused-ring (bicyclic) bond motifs is 1. The van der Waals surface area contributed by atoms with Crippen LogP contribution in [0, 0.1) is 6.92 Å². The van der Waals surface area contributed by atoms with Crippen LogP contribution in [-0.2, 0) is 13.1 Å². The summed E-state index contributed by atoms with van der Waals surface area (Å²) < 4.78 is 1.93. The number of benzene rings is 2. The Kier molecular flexibility index (Phi) is 5.60. The molecule has 0 bridgehead atoms. The number of likely N-dealkylation sites (tertiary alicyclic amines) is 1. The van der Waals surface area contributed by atoms with E-state index >= 15 is 0 Å². The van der Waals surface area contributed by atoms with Crippen molar-refractivity contribution in [1.82, 2.24) is 9.47 Å². The minimum absolute atomic E-state index is 0.0491. The topological polar surface area (TPSA) is 51.3 Å². The minimum Gasteiger partial charge on any atom is -0.326 e. The Balaban J connectivity index is 1.75. The molecule has 1 aliphatic heterocycles. The van der Waals surface area contributed by atoms with Crippen molar-refractivity contribution in [3.05, 3.63) is 70.0 Å². The number of pyridine rings is 1. The van der Waals surface area contributed by atoms with E-state index < -0.39 is 0 Å². The Morgan fingerprint density at radius 2 is 1.61 bits per heavy atom. The van der Waals surface area contributed by atoms with Crippen LogP contribution in [-0.4, -0.2) is 29.1 Å². The van der Waals surface area contributed by atoms with Crippen LogP contribution in [0.2, 0.25) is 0 Å². The van der Waals surface area contributed by atoms with Gasteiger partial charge in [-0.1, -0.05) is 48.4 Å². The molecule has 0 aliphatic carbocycles. The van der Waals surface area contributed by atoms with Crippen LogP contribution in [0.3, 0.4) is 0 Å². The largest absolute Gasteiger partial charge is 0.326 e. The molecule has 0 radical (unpaired) electrons. The first kappa shape index (κ1) is 18.9. The second-order valence-corrected chi connectivity index (χ2v) is 7.87. The Morgan fingerprint density at radius 3 is 2.32 bits per heavy atom. The van der Waals surface area contributed by atoms with Crippen LogP contribution in [0.1, 0.15) is 30.4 Å². The average molecular weight is 376 g/mol. The number of hydrogen-bond donors (Lipinski definition) is 1. The first-order valence-electron chi connectivity index (χ1n) is 10.3. The van der Waals surface area contributed by atoms with Gasteiger partial charge in [0.2, 0.25) is 0 Å². The van der Waals surface area contributed by atoms with Crippen molar-refractivity contribution in [2.45, 2.75) is 39.3 Å². The molecule has 0 spiro atoms. The third kappa shape index (κ3) is 3.89. The lowest BCUT2D eigenvalue weighted by atomic mass is 10.0. The van der Waals surface area contributed by atoms with Gasteiger partial charge in [-0.3, -0.25) is 4.79 Å². The van der Waals surface area contributed by atoms with E-state index in [9.17, 15) is 4.79 Å². The van der Waals surface area contributed by atoms with Crippen molar-refractivity contribution in [2.75, 3.05) is 19.6 Å². The molecule has 4 heteroatoms. The molecule has 0 atom stereocenters.